The van der Waals surface area contributed by atoms with Crippen molar-refractivity contribution in [1.29, 1.82) is 0 Å². The van der Waals surface area contributed by atoms with Crippen LogP contribution in [0.2, 0.25) is 0 Å². The van der Waals surface area contributed by atoms with Gasteiger partial charge in [0.05, 0.1) is 11.7 Å². The van der Waals surface area contributed by atoms with Crippen molar-refractivity contribution in [2.45, 2.75) is 19.9 Å². The third-order valence-electron chi connectivity index (χ3n) is 1.07. The molecule has 3 N–H and O–H groups in total. The zero-order chi connectivity index (χ0) is 9.44. The minimum Gasteiger partial charge on any atom is -0.395 e. The number of hydrogen-bond donors (Lipinski definition) is 2. The van der Waals surface area contributed by atoms with Crippen LogP contribution in [-0.2, 0) is 19.5 Å². The molecule has 0 spiro atoms. The van der Waals surface area contributed by atoms with Gasteiger partial charge in [-0.2, -0.15) is 0 Å². The van der Waals surface area contributed by atoms with Gasteiger partial charge in [-0.05, 0) is 5.92 Å². The van der Waals surface area contributed by atoms with Crippen molar-refractivity contribution in [2.75, 3.05) is 6.61 Å². The van der Waals surface area contributed by atoms with Crippen LogP contribution in [0.25, 0.3) is 0 Å². The molecule has 12 heavy (non-hydrogen) atoms. The predicted molar refractivity (Wildman–Crippen MR) is 40.3 cm³/mol. The number of rotatable bonds is 2. The van der Waals surface area contributed by atoms with Crippen molar-refractivity contribution in [3.63, 3.8) is 0 Å². The fourth-order valence-electron chi connectivity index (χ4n) is 0.211. The van der Waals surface area contributed by atoms with E-state index in [-0.39, 0.29) is 32.1 Å². The Bertz CT molecular complexity index is 108. The van der Waals surface area contributed by atoms with Gasteiger partial charge in [-0.15, -0.1) is 0 Å². The van der Waals surface area contributed by atoms with Gasteiger partial charge < -0.3 is 26.2 Å². The second-order valence-corrected chi connectivity index (χ2v) is 2.31. The molecule has 0 radical (unpaired) electrons. The van der Waals surface area contributed by atoms with Crippen LogP contribution in [-0.4, -0.2) is 22.8 Å². The summed E-state index contributed by atoms with van der Waals surface area (Å²) in [6.45, 7) is 4.07. The van der Waals surface area contributed by atoms with Gasteiger partial charge in [0.15, 0.2) is 0 Å². The van der Waals surface area contributed by atoms with E-state index in [0.717, 1.165) is 0 Å². The SMILES string of the molecule is CC(C)[C@H](N)CO.O=[N+]([O-])[O-].[Zn]. The monoisotopic (exact) mass is 229 g/mol. The molecular formula is C5H13N2O4Zn-. The van der Waals surface area contributed by atoms with Crippen LogP contribution in [0.4, 0.5) is 0 Å². The van der Waals surface area contributed by atoms with E-state index in [4.69, 9.17) is 26.2 Å². The molecule has 0 amide bonds. The molecule has 0 fully saturated rings. The summed E-state index contributed by atoms with van der Waals surface area (Å²) in [6.07, 6.45) is 0. The van der Waals surface area contributed by atoms with E-state index in [2.05, 4.69) is 0 Å². The summed E-state index contributed by atoms with van der Waals surface area (Å²) in [5.74, 6) is 0.394. The van der Waals surface area contributed by atoms with Crippen molar-refractivity contribution in [3.05, 3.63) is 15.3 Å². The van der Waals surface area contributed by atoms with Gasteiger partial charge >= 0.3 is 0 Å². The van der Waals surface area contributed by atoms with Crippen molar-refractivity contribution in [1.82, 2.24) is 0 Å². The van der Waals surface area contributed by atoms with E-state index in [9.17, 15) is 0 Å². The van der Waals surface area contributed by atoms with Crippen LogP contribution in [0.5, 0.6) is 0 Å². The number of nitrogens with two attached hydrogens (primary N) is 1. The molecule has 0 bridgehead atoms. The summed E-state index contributed by atoms with van der Waals surface area (Å²) in [7, 11) is 0. The molecule has 0 aromatic carbocycles. The molecule has 0 aromatic heterocycles. The van der Waals surface area contributed by atoms with Crippen LogP contribution in [0.15, 0.2) is 0 Å². The molecule has 70 valence electrons. The Morgan fingerprint density at radius 3 is 1.75 bits per heavy atom. The minimum atomic E-state index is -1.75. The van der Waals surface area contributed by atoms with Crippen molar-refractivity contribution >= 4 is 0 Å². The maximum Gasteiger partial charge on any atom is 0.0689 e. The summed E-state index contributed by atoms with van der Waals surface area (Å²) in [5, 5.41) is 23.1. The van der Waals surface area contributed by atoms with Gasteiger partial charge in [0.2, 0.25) is 0 Å². The van der Waals surface area contributed by atoms with E-state index >= 15 is 0 Å². The Morgan fingerprint density at radius 2 is 1.75 bits per heavy atom. The van der Waals surface area contributed by atoms with Crippen molar-refractivity contribution in [3.8, 4) is 0 Å². The number of aliphatic hydroxyl groups excluding tert-OH is 1. The predicted octanol–water partition coefficient (Wildman–Crippen LogP) is -0.280. The summed E-state index contributed by atoms with van der Waals surface area (Å²) in [4.78, 5) is 8.25. The number of aliphatic hydroxyl groups is 1. The first-order valence-corrected chi connectivity index (χ1v) is 3.09. The van der Waals surface area contributed by atoms with E-state index in [1.807, 2.05) is 13.8 Å². The average Bonchev–Trinajstić information content (AvgIpc) is 1.85. The molecule has 0 rings (SSSR count). The molecule has 6 nitrogen and oxygen atoms in total. The normalized spacial score (nSPS) is 10.8. The van der Waals surface area contributed by atoms with Crippen LogP contribution in [0.1, 0.15) is 13.8 Å². The van der Waals surface area contributed by atoms with Crippen LogP contribution < -0.4 is 5.73 Å². The zero-order valence-electron chi connectivity index (χ0n) is 7.27. The molecule has 0 aliphatic carbocycles. The molecule has 0 aromatic rings. The van der Waals surface area contributed by atoms with Crippen molar-refractivity contribution in [2.24, 2.45) is 11.7 Å². The topological polar surface area (TPSA) is 112 Å². The minimum absolute atomic E-state index is 0. The summed E-state index contributed by atoms with van der Waals surface area (Å²) < 4.78 is 0. The summed E-state index contributed by atoms with van der Waals surface area (Å²) in [5.41, 5.74) is 5.37. The maximum atomic E-state index is 8.38. The Balaban J connectivity index is -0.000000142. The van der Waals surface area contributed by atoms with E-state index < -0.39 is 5.09 Å². The molecule has 0 aliphatic rings. The molecule has 0 heterocycles. The van der Waals surface area contributed by atoms with Gasteiger partial charge in [-0.1, -0.05) is 13.8 Å². The molecule has 0 saturated carbocycles. The van der Waals surface area contributed by atoms with E-state index in [1.165, 1.54) is 0 Å². The summed E-state index contributed by atoms with van der Waals surface area (Å²) in [6, 6.07) is -0.0417. The van der Waals surface area contributed by atoms with Gasteiger partial charge in [-0.3, -0.25) is 0 Å². The standard InChI is InChI=1S/C5H13NO.NO3.Zn/c1-4(2)5(6)3-7;2-1(3)4;/h4-5,7H,3,6H2,1-2H3;;/q;-1;/t5-;;/m1../s1. The fourth-order valence-corrected chi connectivity index (χ4v) is 0.211. The molecule has 0 aliphatic heterocycles. The largest absolute Gasteiger partial charge is 0.395 e. The fraction of sp³-hybridized carbons (Fsp3) is 1.00. The van der Waals surface area contributed by atoms with Crippen LogP contribution >= 0.6 is 0 Å². The van der Waals surface area contributed by atoms with Gasteiger partial charge in [0.1, 0.15) is 0 Å². The van der Waals surface area contributed by atoms with Gasteiger partial charge in [0.25, 0.3) is 0 Å². The van der Waals surface area contributed by atoms with Crippen molar-refractivity contribution < 1.29 is 29.7 Å². The summed E-state index contributed by atoms with van der Waals surface area (Å²) >= 11 is 0. The van der Waals surface area contributed by atoms with Crippen LogP contribution in [0.3, 0.4) is 0 Å². The second kappa shape index (κ2) is 10.7. The van der Waals surface area contributed by atoms with E-state index in [1.54, 1.807) is 0 Å². The zero-order valence-corrected chi connectivity index (χ0v) is 10.2. The van der Waals surface area contributed by atoms with E-state index in [0.29, 0.717) is 5.92 Å². The Labute approximate surface area is 83.6 Å². The third-order valence-corrected chi connectivity index (χ3v) is 1.07. The van der Waals surface area contributed by atoms with Gasteiger partial charge in [0, 0.05) is 25.5 Å². The Morgan fingerprint density at radius 1 is 1.50 bits per heavy atom. The molecular weight excluding hydrogens is 217 g/mol. The quantitative estimate of drug-likeness (QED) is 0.385. The first-order chi connectivity index (χ1) is 4.91. The first kappa shape index (κ1) is 17.7. The first-order valence-electron chi connectivity index (χ1n) is 3.09. The Hall–Kier alpha value is -0.257. The Kier molecular flexibility index (Phi) is 15.9. The average molecular weight is 231 g/mol. The third kappa shape index (κ3) is 22.6. The van der Waals surface area contributed by atoms with Gasteiger partial charge in [-0.25, -0.2) is 0 Å². The maximum absolute atomic E-state index is 8.38. The van der Waals surface area contributed by atoms with Crippen LogP contribution in [0, 0.1) is 21.2 Å². The second-order valence-electron chi connectivity index (χ2n) is 2.31. The number of hydrogen-bond acceptors (Lipinski definition) is 5. The molecule has 0 unspecified atom stereocenters. The molecule has 7 heteroatoms. The smallest absolute Gasteiger partial charge is 0.0689 e. The number of nitrogens with zero attached hydrogens (tertiary/aromatic N) is 1. The molecule has 0 saturated heterocycles. The molecule has 1 atom stereocenters.